The molecule has 1 heterocycles. The highest BCUT2D eigenvalue weighted by Gasteiger charge is 2.25. The van der Waals surface area contributed by atoms with E-state index in [1.165, 1.54) is 25.1 Å². The number of primary amides is 1. The van der Waals surface area contributed by atoms with Gasteiger partial charge in [-0.3, -0.25) is 9.59 Å². The third-order valence-electron chi connectivity index (χ3n) is 4.17. The number of ketones is 1. The van der Waals surface area contributed by atoms with Crippen molar-refractivity contribution in [3.05, 3.63) is 58.1 Å². The van der Waals surface area contributed by atoms with Gasteiger partial charge < -0.3 is 16.2 Å². The molecule has 7 nitrogen and oxygen atoms in total. The highest BCUT2D eigenvalue weighted by atomic mass is 35.5. The normalized spacial score (nSPS) is 10.8. The number of amides is 2. The van der Waals surface area contributed by atoms with E-state index in [0.717, 1.165) is 10.1 Å². The van der Waals surface area contributed by atoms with Crippen LogP contribution in [0.3, 0.4) is 0 Å². The van der Waals surface area contributed by atoms with Gasteiger partial charge in [0, 0.05) is 10.9 Å². The number of aromatic hydroxyl groups is 1. The topological polar surface area (TPSA) is 114 Å². The first-order valence-electron chi connectivity index (χ1n) is 7.96. The highest BCUT2D eigenvalue weighted by Crippen LogP contribution is 2.33. The molecule has 2 aromatic carbocycles. The Hall–Kier alpha value is -3.32. The summed E-state index contributed by atoms with van der Waals surface area (Å²) < 4.78 is 0.865. The molecule has 0 spiro atoms. The van der Waals surface area contributed by atoms with Gasteiger partial charge in [-0.1, -0.05) is 23.2 Å². The van der Waals surface area contributed by atoms with Crippen LogP contribution in [0.5, 0.6) is 5.88 Å². The first kappa shape index (κ1) is 18.5. The van der Waals surface area contributed by atoms with Gasteiger partial charge in [0.05, 0.1) is 16.2 Å². The number of carbonyl (C=O) groups is 3. The van der Waals surface area contributed by atoms with Crippen molar-refractivity contribution in [3.8, 4) is 5.88 Å². The fourth-order valence-corrected chi connectivity index (χ4v) is 3.09. The lowest BCUT2D eigenvalue weighted by atomic mass is 10.1. The number of hydrogen-bond acceptors (Lipinski definition) is 4. The van der Waals surface area contributed by atoms with Crippen LogP contribution in [0.25, 0.3) is 10.9 Å². The monoisotopic (exact) mass is 385 g/mol. The van der Waals surface area contributed by atoms with Crippen LogP contribution in [0.15, 0.2) is 36.4 Å². The molecular weight excluding hydrogens is 370 g/mol. The van der Waals surface area contributed by atoms with Gasteiger partial charge in [-0.2, -0.15) is 0 Å². The minimum atomic E-state index is -0.913. The Morgan fingerprint density at radius 2 is 1.85 bits per heavy atom. The Bertz CT molecular complexity index is 1120. The molecule has 0 aliphatic carbocycles. The van der Waals surface area contributed by atoms with Crippen LogP contribution < -0.4 is 11.1 Å². The largest absolute Gasteiger partial charge is 0.494 e. The third-order valence-corrected chi connectivity index (χ3v) is 4.48. The summed E-state index contributed by atoms with van der Waals surface area (Å²) in [7, 11) is 0. The number of rotatable bonds is 3. The third kappa shape index (κ3) is 3.24. The highest BCUT2D eigenvalue weighted by molar-refractivity contribution is 6.34. The van der Waals surface area contributed by atoms with Crippen LogP contribution in [0.1, 0.15) is 33.2 Å². The van der Waals surface area contributed by atoms with Gasteiger partial charge in [0.2, 0.25) is 5.88 Å². The first-order valence-corrected chi connectivity index (χ1v) is 8.34. The average molecular weight is 386 g/mol. The van der Waals surface area contributed by atoms with Crippen molar-refractivity contribution >= 4 is 45.9 Å². The average Bonchev–Trinajstić information content (AvgIpc) is 2.87. The van der Waals surface area contributed by atoms with E-state index in [1.54, 1.807) is 18.2 Å². The molecule has 8 heteroatoms. The number of hydrogen-bond donors (Lipinski definition) is 3. The Kier molecular flexibility index (Phi) is 4.63. The maximum atomic E-state index is 12.8. The van der Waals surface area contributed by atoms with Gasteiger partial charge in [-0.15, -0.1) is 0 Å². The van der Waals surface area contributed by atoms with Gasteiger partial charge in [-0.05, 0) is 44.2 Å². The number of nitrogens with zero attached hydrogens (tertiary/aromatic N) is 1. The molecule has 0 atom stereocenters. The summed E-state index contributed by atoms with van der Waals surface area (Å²) in [5, 5.41) is 13.6. The van der Waals surface area contributed by atoms with Crippen LogP contribution in [-0.4, -0.2) is 27.4 Å². The second kappa shape index (κ2) is 6.77. The van der Waals surface area contributed by atoms with Crippen molar-refractivity contribution in [2.75, 3.05) is 5.32 Å². The lowest BCUT2D eigenvalue weighted by Crippen LogP contribution is -2.19. The van der Waals surface area contributed by atoms with E-state index in [4.69, 9.17) is 17.3 Å². The quantitative estimate of drug-likeness (QED) is 0.596. The predicted octanol–water partition coefficient (Wildman–Crippen LogP) is 3.69. The number of carbonyl (C=O) groups excluding carboxylic acids is 3. The lowest BCUT2D eigenvalue weighted by Gasteiger charge is -2.08. The minimum absolute atomic E-state index is 0.0980. The van der Waals surface area contributed by atoms with Crippen LogP contribution >= 0.6 is 11.6 Å². The number of aryl methyl sites for hydroxylation is 1. The summed E-state index contributed by atoms with van der Waals surface area (Å²) in [5.41, 5.74) is 7.05. The number of Topliss-reactive ketones (excluding diaryl/α,β-unsaturated/α-hetero) is 1. The number of nitrogens with two attached hydrogens (primary N) is 1. The Balaban J connectivity index is 2.09. The fraction of sp³-hybridized carbons (Fsp3) is 0.105. The summed E-state index contributed by atoms with van der Waals surface area (Å²) in [4.78, 5) is 35.9. The maximum absolute atomic E-state index is 12.8. The second-order valence-corrected chi connectivity index (χ2v) is 6.50. The number of halogens is 1. The van der Waals surface area contributed by atoms with Crippen molar-refractivity contribution in [3.63, 3.8) is 0 Å². The molecule has 0 unspecified atom stereocenters. The van der Waals surface area contributed by atoms with Crippen molar-refractivity contribution in [2.45, 2.75) is 13.8 Å². The maximum Gasteiger partial charge on any atom is 0.326 e. The molecule has 0 aliphatic rings. The molecular formula is C19H16ClN3O4. The zero-order chi connectivity index (χ0) is 19.9. The molecule has 0 saturated carbocycles. The molecule has 2 amide bonds. The molecule has 0 saturated heterocycles. The van der Waals surface area contributed by atoms with Crippen molar-refractivity contribution in [1.82, 2.24) is 4.57 Å². The molecule has 1 aromatic heterocycles. The van der Waals surface area contributed by atoms with Crippen LogP contribution in [0, 0.1) is 6.92 Å². The Labute approximate surface area is 159 Å². The van der Waals surface area contributed by atoms with Crippen LogP contribution in [0.2, 0.25) is 5.02 Å². The first-order chi connectivity index (χ1) is 12.7. The van der Waals surface area contributed by atoms with Crippen molar-refractivity contribution in [2.24, 2.45) is 5.73 Å². The van der Waals surface area contributed by atoms with Crippen LogP contribution in [0.4, 0.5) is 10.5 Å². The standard InChI is InChI=1S/C19H16ClN3O4/c1-9-3-6-15-12(7-9)16(18(26)23(15)19(21)27)17(25)22-14-5-4-11(10(2)24)8-13(14)20/h3-8,26H,1-2H3,(H2,21,27)(H,22,25). The molecule has 27 heavy (non-hydrogen) atoms. The number of anilines is 1. The molecule has 0 bridgehead atoms. The molecule has 4 N–H and O–H groups in total. The smallest absolute Gasteiger partial charge is 0.326 e. The Morgan fingerprint density at radius 3 is 2.44 bits per heavy atom. The number of nitrogens with one attached hydrogen (secondary N) is 1. The van der Waals surface area contributed by atoms with E-state index in [-0.39, 0.29) is 22.1 Å². The molecule has 0 aliphatic heterocycles. The summed E-state index contributed by atoms with van der Waals surface area (Å²) >= 11 is 6.14. The zero-order valence-corrected chi connectivity index (χ0v) is 15.3. The lowest BCUT2D eigenvalue weighted by molar-refractivity contribution is 0.101. The fourth-order valence-electron chi connectivity index (χ4n) is 2.86. The zero-order valence-electron chi connectivity index (χ0n) is 14.5. The van der Waals surface area contributed by atoms with E-state index in [0.29, 0.717) is 16.5 Å². The summed E-state index contributed by atoms with van der Waals surface area (Å²) in [5.74, 6) is -1.38. The number of fused-ring (bicyclic) bond motifs is 1. The molecule has 138 valence electrons. The van der Waals surface area contributed by atoms with Gasteiger partial charge in [-0.25, -0.2) is 9.36 Å². The van der Waals surface area contributed by atoms with E-state index >= 15 is 0 Å². The van der Waals surface area contributed by atoms with E-state index in [1.807, 2.05) is 6.92 Å². The van der Waals surface area contributed by atoms with Gasteiger partial charge in [0.15, 0.2) is 5.78 Å². The molecule has 3 aromatic rings. The van der Waals surface area contributed by atoms with E-state index in [2.05, 4.69) is 5.32 Å². The van der Waals surface area contributed by atoms with Crippen molar-refractivity contribution in [1.29, 1.82) is 0 Å². The minimum Gasteiger partial charge on any atom is -0.494 e. The summed E-state index contributed by atoms with van der Waals surface area (Å²) in [6.45, 7) is 3.22. The Morgan fingerprint density at radius 1 is 1.15 bits per heavy atom. The SMILES string of the molecule is CC(=O)c1ccc(NC(=O)c2c(O)n(C(N)=O)c3ccc(C)cc23)c(Cl)c1. The second-order valence-electron chi connectivity index (χ2n) is 6.10. The van der Waals surface area contributed by atoms with Gasteiger partial charge in [0.1, 0.15) is 5.56 Å². The van der Waals surface area contributed by atoms with Crippen molar-refractivity contribution < 1.29 is 19.5 Å². The van der Waals surface area contributed by atoms with E-state index < -0.39 is 17.8 Å². The molecule has 0 fully saturated rings. The van der Waals surface area contributed by atoms with E-state index in [9.17, 15) is 19.5 Å². The molecule has 0 radical (unpaired) electrons. The summed E-state index contributed by atoms with van der Waals surface area (Å²) in [6.07, 6.45) is 0. The predicted molar refractivity (Wildman–Crippen MR) is 103 cm³/mol. The van der Waals surface area contributed by atoms with Gasteiger partial charge >= 0.3 is 6.03 Å². The van der Waals surface area contributed by atoms with Gasteiger partial charge in [0.25, 0.3) is 5.91 Å². The summed E-state index contributed by atoms with van der Waals surface area (Å²) in [6, 6.07) is 8.55. The molecule has 3 rings (SSSR count). The number of benzene rings is 2. The van der Waals surface area contributed by atoms with Crippen LogP contribution in [-0.2, 0) is 0 Å². The number of aromatic nitrogens is 1.